The Kier molecular flexibility index (Phi) is 4.83. The van der Waals surface area contributed by atoms with Crippen LogP contribution in [0.25, 0.3) is 0 Å². The minimum Gasteiger partial charge on any atom is -0.484 e. The highest BCUT2D eigenvalue weighted by molar-refractivity contribution is 6.30. The van der Waals surface area contributed by atoms with Crippen molar-refractivity contribution < 1.29 is 13.9 Å². The number of rotatable bonds is 3. The number of hydrogen-bond donors (Lipinski definition) is 1. The molecule has 1 fully saturated rings. The van der Waals surface area contributed by atoms with E-state index in [1.165, 1.54) is 18.2 Å². The first-order valence-electron chi connectivity index (χ1n) is 6.57. The van der Waals surface area contributed by atoms with Gasteiger partial charge >= 0.3 is 0 Å². The molecular formula is C14H18ClFN2O2. The van der Waals surface area contributed by atoms with E-state index in [2.05, 4.69) is 5.32 Å². The number of nitrogens with one attached hydrogen (secondary N) is 1. The number of nitrogens with zero attached hydrogens (tertiary/aromatic N) is 1. The number of benzene rings is 1. The number of piperazine rings is 1. The minimum atomic E-state index is -0.505. The summed E-state index contributed by atoms with van der Waals surface area (Å²) < 4.78 is 18.4. The van der Waals surface area contributed by atoms with Crippen molar-refractivity contribution in [2.75, 3.05) is 19.7 Å². The highest BCUT2D eigenvalue weighted by Gasteiger charge is 2.24. The molecule has 1 amide bonds. The van der Waals surface area contributed by atoms with E-state index in [0.29, 0.717) is 18.8 Å². The van der Waals surface area contributed by atoms with Crippen molar-refractivity contribution in [3.05, 3.63) is 29.0 Å². The lowest BCUT2D eigenvalue weighted by molar-refractivity contribution is -0.135. The van der Waals surface area contributed by atoms with Gasteiger partial charge in [0.2, 0.25) is 0 Å². The first-order valence-corrected chi connectivity index (χ1v) is 6.95. The molecule has 0 radical (unpaired) electrons. The standard InChI is InChI=1S/C14H18ClFN2O2/c1-9-6-18(7-10(2)17-9)14(19)8-20-11-3-4-13(16)12(15)5-11/h3-5,9-10,17H,6-8H2,1-2H3/t9-,10-/m1/s1. The van der Waals surface area contributed by atoms with Gasteiger partial charge in [0.15, 0.2) is 6.61 Å². The van der Waals surface area contributed by atoms with Crippen molar-refractivity contribution in [1.82, 2.24) is 10.2 Å². The van der Waals surface area contributed by atoms with Crippen LogP contribution in [0.5, 0.6) is 5.75 Å². The van der Waals surface area contributed by atoms with Crippen LogP contribution in [0.1, 0.15) is 13.8 Å². The van der Waals surface area contributed by atoms with Gasteiger partial charge in [0.25, 0.3) is 5.91 Å². The van der Waals surface area contributed by atoms with Crippen LogP contribution < -0.4 is 10.1 Å². The second-order valence-electron chi connectivity index (χ2n) is 5.13. The van der Waals surface area contributed by atoms with Crippen molar-refractivity contribution in [3.63, 3.8) is 0 Å². The summed E-state index contributed by atoms with van der Waals surface area (Å²) in [7, 11) is 0. The van der Waals surface area contributed by atoms with Crippen LogP contribution in [-0.4, -0.2) is 42.6 Å². The maximum Gasteiger partial charge on any atom is 0.260 e. The van der Waals surface area contributed by atoms with Crippen LogP contribution in [0.2, 0.25) is 5.02 Å². The molecule has 4 nitrogen and oxygen atoms in total. The van der Waals surface area contributed by atoms with E-state index in [-0.39, 0.29) is 29.6 Å². The van der Waals surface area contributed by atoms with Crippen molar-refractivity contribution in [1.29, 1.82) is 0 Å². The van der Waals surface area contributed by atoms with Crippen molar-refractivity contribution in [3.8, 4) is 5.75 Å². The number of ether oxygens (including phenoxy) is 1. The summed E-state index contributed by atoms with van der Waals surface area (Å²) in [6.45, 7) is 5.34. The predicted molar refractivity (Wildman–Crippen MR) is 75.5 cm³/mol. The molecule has 1 N–H and O–H groups in total. The molecule has 0 aromatic heterocycles. The normalized spacial score (nSPS) is 22.7. The van der Waals surface area contributed by atoms with Gasteiger partial charge in [-0.15, -0.1) is 0 Å². The average Bonchev–Trinajstić information content (AvgIpc) is 2.38. The van der Waals surface area contributed by atoms with Crippen LogP contribution in [0, 0.1) is 5.82 Å². The first-order chi connectivity index (χ1) is 9.45. The summed E-state index contributed by atoms with van der Waals surface area (Å²) in [4.78, 5) is 13.9. The fourth-order valence-corrected chi connectivity index (χ4v) is 2.50. The highest BCUT2D eigenvalue weighted by atomic mass is 35.5. The molecule has 20 heavy (non-hydrogen) atoms. The van der Waals surface area contributed by atoms with Gasteiger partial charge in [-0.25, -0.2) is 4.39 Å². The molecule has 1 heterocycles. The summed E-state index contributed by atoms with van der Waals surface area (Å²) in [5.41, 5.74) is 0. The van der Waals surface area contributed by atoms with Crippen LogP contribution in [0.4, 0.5) is 4.39 Å². The van der Waals surface area contributed by atoms with Gasteiger partial charge in [-0.3, -0.25) is 4.79 Å². The van der Waals surface area contributed by atoms with Crippen molar-refractivity contribution in [2.45, 2.75) is 25.9 Å². The van der Waals surface area contributed by atoms with E-state index in [9.17, 15) is 9.18 Å². The number of halogens is 2. The van der Waals surface area contributed by atoms with Gasteiger partial charge in [-0.2, -0.15) is 0 Å². The van der Waals surface area contributed by atoms with E-state index >= 15 is 0 Å². The SMILES string of the molecule is C[C@@H]1CN(C(=O)COc2ccc(F)c(Cl)c2)C[C@@H](C)N1. The van der Waals surface area contributed by atoms with Crippen LogP contribution in [-0.2, 0) is 4.79 Å². The smallest absolute Gasteiger partial charge is 0.260 e. The van der Waals surface area contributed by atoms with Crippen molar-refractivity contribution in [2.24, 2.45) is 0 Å². The molecule has 110 valence electrons. The fraction of sp³-hybridized carbons (Fsp3) is 0.500. The van der Waals surface area contributed by atoms with Crippen LogP contribution in [0.3, 0.4) is 0 Å². The third kappa shape index (κ3) is 3.84. The highest BCUT2D eigenvalue weighted by Crippen LogP contribution is 2.21. The zero-order valence-electron chi connectivity index (χ0n) is 11.5. The van der Waals surface area contributed by atoms with E-state index in [0.717, 1.165) is 0 Å². The molecule has 1 aromatic carbocycles. The molecule has 0 spiro atoms. The summed E-state index contributed by atoms with van der Waals surface area (Å²) in [5, 5.41) is 3.34. The van der Waals surface area contributed by atoms with E-state index in [4.69, 9.17) is 16.3 Å². The quantitative estimate of drug-likeness (QED) is 0.929. The van der Waals surface area contributed by atoms with Gasteiger partial charge in [0.05, 0.1) is 5.02 Å². The zero-order valence-corrected chi connectivity index (χ0v) is 12.3. The first kappa shape index (κ1) is 15.1. The molecular weight excluding hydrogens is 283 g/mol. The van der Waals surface area contributed by atoms with E-state index in [1.54, 1.807) is 4.90 Å². The molecule has 2 rings (SSSR count). The minimum absolute atomic E-state index is 0.0145. The van der Waals surface area contributed by atoms with Gasteiger partial charge in [0, 0.05) is 31.2 Å². The Bertz CT molecular complexity index is 488. The molecule has 0 saturated carbocycles. The Morgan fingerprint density at radius 2 is 2.10 bits per heavy atom. The van der Waals surface area contributed by atoms with Gasteiger partial charge in [-0.05, 0) is 26.0 Å². The van der Waals surface area contributed by atoms with E-state index in [1.807, 2.05) is 13.8 Å². The Balaban J connectivity index is 1.89. The van der Waals surface area contributed by atoms with Crippen LogP contribution in [0.15, 0.2) is 18.2 Å². The monoisotopic (exact) mass is 300 g/mol. The summed E-state index contributed by atoms with van der Waals surface area (Å²) >= 11 is 5.66. The lowest BCUT2D eigenvalue weighted by Crippen LogP contribution is -2.56. The second-order valence-corrected chi connectivity index (χ2v) is 5.54. The summed E-state index contributed by atoms with van der Waals surface area (Å²) in [6.07, 6.45) is 0. The lowest BCUT2D eigenvalue weighted by atomic mass is 10.1. The second kappa shape index (κ2) is 6.41. The van der Waals surface area contributed by atoms with Gasteiger partial charge < -0.3 is 15.0 Å². The zero-order chi connectivity index (χ0) is 14.7. The molecule has 0 unspecified atom stereocenters. The van der Waals surface area contributed by atoms with Crippen LogP contribution >= 0.6 is 11.6 Å². The van der Waals surface area contributed by atoms with Gasteiger partial charge in [-0.1, -0.05) is 11.6 Å². The average molecular weight is 301 g/mol. The van der Waals surface area contributed by atoms with Gasteiger partial charge in [0.1, 0.15) is 11.6 Å². The number of carbonyl (C=O) groups excluding carboxylic acids is 1. The number of carbonyl (C=O) groups is 1. The largest absolute Gasteiger partial charge is 0.484 e. The molecule has 1 aliphatic heterocycles. The summed E-state index contributed by atoms with van der Waals surface area (Å²) in [5.74, 6) is -0.193. The lowest BCUT2D eigenvalue weighted by Gasteiger charge is -2.36. The Morgan fingerprint density at radius 3 is 2.70 bits per heavy atom. The molecule has 0 bridgehead atoms. The Hall–Kier alpha value is -1.33. The number of amides is 1. The fourth-order valence-electron chi connectivity index (χ4n) is 2.33. The maximum atomic E-state index is 13.0. The third-order valence-corrected chi connectivity index (χ3v) is 3.45. The molecule has 1 saturated heterocycles. The predicted octanol–water partition coefficient (Wildman–Crippen LogP) is 2.07. The molecule has 2 atom stereocenters. The summed E-state index contributed by atoms with van der Waals surface area (Å²) in [6, 6.07) is 4.58. The molecule has 1 aromatic rings. The Labute approximate surface area is 122 Å². The van der Waals surface area contributed by atoms with Crippen molar-refractivity contribution >= 4 is 17.5 Å². The molecule has 1 aliphatic rings. The van der Waals surface area contributed by atoms with E-state index < -0.39 is 5.82 Å². The topological polar surface area (TPSA) is 41.6 Å². The molecule has 6 heteroatoms. The number of hydrogen-bond acceptors (Lipinski definition) is 3. The Morgan fingerprint density at radius 1 is 1.45 bits per heavy atom. The third-order valence-electron chi connectivity index (χ3n) is 3.16. The maximum absolute atomic E-state index is 13.0. The molecule has 0 aliphatic carbocycles.